The minimum atomic E-state index is -4.21. The van der Waals surface area contributed by atoms with Crippen molar-refractivity contribution in [1.29, 1.82) is 0 Å². The van der Waals surface area contributed by atoms with Gasteiger partial charge in [0.1, 0.15) is 11.6 Å². The van der Waals surface area contributed by atoms with Gasteiger partial charge >= 0.3 is 0 Å². The van der Waals surface area contributed by atoms with Gasteiger partial charge in [-0.15, -0.1) is 0 Å². The minimum Gasteiger partial charge on any atom is -0.399 e. The predicted molar refractivity (Wildman–Crippen MR) is 77.1 cm³/mol. The van der Waals surface area contributed by atoms with Crippen LogP contribution in [0.5, 0.6) is 0 Å². The van der Waals surface area contributed by atoms with Gasteiger partial charge in [0.25, 0.3) is 0 Å². The lowest BCUT2D eigenvalue weighted by Crippen LogP contribution is -2.40. The Morgan fingerprint density at radius 2 is 1.81 bits per heavy atom. The van der Waals surface area contributed by atoms with E-state index in [4.69, 9.17) is 5.73 Å². The van der Waals surface area contributed by atoms with Crippen molar-refractivity contribution in [2.75, 3.05) is 12.8 Å². The van der Waals surface area contributed by atoms with Crippen molar-refractivity contribution in [2.24, 2.45) is 5.92 Å². The zero-order valence-electron chi connectivity index (χ0n) is 12.1. The molecule has 2 unspecified atom stereocenters. The van der Waals surface area contributed by atoms with E-state index >= 15 is 0 Å². The van der Waals surface area contributed by atoms with Crippen LogP contribution in [0.25, 0.3) is 0 Å². The summed E-state index contributed by atoms with van der Waals surface area (Å²) in [4.78, 5) is -0.919. The van der Waals surface area contributed by atoms with Gasteiger partial charge in [0.05, 0.1) is 0 Å². The van der Waals surface area contributed by atoms with Gasteiger partial charge in [-0.25, -0.2) is 17.2 Å². The Labute approximate surface area is 124 Å². The molecule has 0 amide bonds. The minimum absolute atomic E-state index is 0.141. The molecule has 2 rings (SSSR count). The first-order chi connectivity index (χ1) is 9.73. The topological polar surface area (TPSA) is 63.4 Å². The van der Waals surface area contributed by atoms with E-state index in [1.807, 2.05) is 0 Å². The number of rotatable bonds is 3. The third kappa shape index (κ3) is 3.18. The van der Waals surface area contributed by atoms with E-state index in [9.17, 15) is 17.2 Å². The number of halogens is 2. The Kier molecular flexibility index (Phi) is 4.53. The number of nitrogens with two attached hydrogens (primary N) is 1. The molecule has 1 aliphatic rings. The van der Waals surface area contributed by atoms with Crippen LogP contribution in [-0.2, 0) is 10.0 Å². The fourth-order valence-corrected chi connectivity index (χ4v) is 4.38. The summed E-state index contributed by atoms with van der Waals surface area (Å²) in [5, 5.41) is 0. The molecular weight excluding hydrogens is 298 g/mol. The van der Waals surface area contributed by atoms with Crippen LogP contribution in [0.3, 0.4) is 0 Å². The molecule has 0 spiro atoms. The molecule has 4 nitrogen and oxygen atoms in total. The molecule has 0 saturated heterocycles. The molecule has 0 radical (unpaired) electrons. The second-order valence-electron chi connectivity index (χ2n) is 5.76. The van der Waals surface area contributed by atoms with E-state index in [1.54, 1.807) is 0 Å². The molecule has 0 bridgehead atoms. The summed E-state index contributed by atoms with van der Waals surface area (Å²) in [6, 6.07) is 1.43. The van der Waals surface area contributed by atoms with Crippen LogP contribution >= 0.6 is 0 Å². The summed E-state index contributed by atoms with van der Waals surface area (Å²) in [7, 11) is -2.83. The number of sulfonamides is 1. The second-order valence-corrected chi connectivity index (χ2v) is 7.69. The summed E-state index contributed by atoms with van der Waals surface area (Å²) in [6.07, 6.45) is 3.37. The standard InChI is InChI=1S/C14H20F2N2O2S/c1-9-4-3-5-11(6-9)18(2)21(19,20)14-12(15)7-10(17)8-13(14)16/h7-9,11H,3-6,17H2,1-2H3. The first-order valence-corrected chi connectivity index (χ1v) is 8.40. The zero-order chi connectivity index (χ0) is 15.8. The monoisotopic (exact) mass is 318 g/mol. The Hall–Kier alpha value is -1.21. The molecule has 118 valence electrons. The molecule has 7 heteroatoms. The highest BCUT2D eigenvalue weighted by atomic mass is 32.2. The Bertz CT molecular complexity index is 611. The molecule has 2 N–H and O–H groups in total. The van der Waals surface area contributed by atoms with Crippen LogP contribution in [0, 0.1) is 17.6 Å². The largest absolute Gasteiger partial charge is 0.399 e. The molecule has 21 heavy (non-hydrogen) atoms. The van der Waals surface area contributed by atoms with Crippen molar-refractivity contribution in [3.63, 3.8) is 0 Å². The highest BCUT2D eigenvalue weighted by Gasteiger charge is 2.34. The number of nitrogen functional groups attached to an aromatic ring is 1. The SMILES string of the molecule is CC1CCCC(N(C)S(=O)(=O)c2c(F)cc(N)cc2F)C1. The number of anilines is 1. The lowest BCUT2D eigenvalue weighted by Gasteiger charge is -2.33. The number of hydrogen-bond acceptors (Lipinski definition) is 3. The summed E-state index contributed by atoms with van der Waals surface area (Å²) in [6.45, 7) is 2.05. The highest BCUT2D eigenvalue weighted by molar-refractivity contribution is 7.89. The number of nitrogens with zero attached hydrogens (tertiary/aromatic N) is 1. The van der Waals surface area contributed by atoms with Gasteiger partial charge in [0, 0.05) is 18.8 Å². The van der Waals surface area contributed by atoms with E-state index < -0.39 is 26.6 Å². The summed E-state index contributed by atoms with van der Waals surface area (Å²) in [5.41, 5.74) is 5.18. The molecule has 1 fully saturated rings. The molecule has 1 aromatic rings. The van der Waals surface area contributed by atoms with Crippen LogP contribution in [-0.4, -0.2) is 25.8 Å². The summed E-state index contributed by atoms with van der Waals surface area (Å²) in [5.74, 6) is -1.89. The normalized spacial score (nSPS) is 23.5. The summed E-state index contributed by atoms with van der Waals surface area (Å²) < 4.78 is 53.9. The number of benzene rings is 1. The van der Waals surface area contributed by atoms with E-state index in [0.29, 0.717) is 18.8 Å². The predicted octanol–water partition coefficient (Wildman–Crippen LogP) is 2.75. The molecule has 1 saturated carbocycles. The Morgan fingerprint density at radius 3 is 2.33 bits per heavy atom. The molecule has 2 atom stereocenters. The van der Waals surface area contributed by atoms with Gasteiger partial charge < -0.3 is 5.73 Å². The second kappa shape index (κ2) is 5.88. The van der Waals surface area contributed by atoms with Crippen LogP contribution < -0.4 is 5.73 Å². The van der Waals surface area contributed by atoms with Crippen LogP contribution in [0.4, 0.5) is 14.5 Å². The lowest BCUT2D eigenvalue weighted by atomic mass is 9.87. The van der Waals surface area contributed by atoms with Gasteiger partial charge in [-0.3, -0.25) is 0 Å². The van der Waals surface area contributed by atoms with E-state index in [2.05, 4.69) is 6.92 Å². The smallest absolute Gasteiger partial charge is 0.248 e. The maximum Gasteiger partial charge on any atom is 0.248 e. The van der Waals surface area contributed by atoms with Gasteiger partial charge in [-0.05, 0) is 30.9 Å². The first-order valence-electron chi connectivity index (χ1n) is 6.96. The van der Waals surface area contributed by atoms with Gasteiger partial charge in [0.15, 0.2) is 4.90 Å². The molecule has 1 aromatic carbocycles. The number of hydrogen-bond donors (Lipinski definition) is 1. The van der Waals surface area contributed by atoms with Crippen molar-refractivity contribution >= 4 is 15.7 Å². The van der Waals surface area contributed by atoms with E-state index in [-0.39, 0.29) is 11.7 Å². The fourth-order valence-electron chi connectivity index (χ4n) is 2.90. The third-order valence-corrected chi connectivity index (χ3v) is 6.04. The van der Waals surface area contributed by atoms with E-state index in [1.165, 1.54) is 7.05 Å². The Balaban J connectivity index is 2.38. The van der Waals surface area contributed by atoms with Crippen molar-refractivity contribution in [3.05, 3.63) is 23.8 Å². The van der Waals surface area contributed by atoms with E-state index in [0.717, 1.165) is 29.3 Å². The van der Waals surface area contributed by atoms with Gasteiger partial charge in [-0.1, -0.05) is 19.8 Å². The average Bonchev–Trinajstić information content (AvgIpc) is 2.36. The fraction of sp³-hybridized carbons (Fsp3) is 0.571. The quantitative estimate of drug-likeness (QED) is 0.872. The van der Waals surface area contributed by atoms with Crippen molar-refractivity contribution in [1.82, 2.24) is 4.31 Å². The van der Waals surface area contributed by atoms with Crippen molar-refractivity contribution in [3.8, 4) is 0 Å². The molecular formula is C14H20F2N2O2S. The first kappa shape index (κ1) is 16.2. The molecule has 0 aliphatic heterocycles. The van der Waals surface area contributed by atoms with Gasteiger partial charge in [-0.2, -0.15) is 4.31 Å². The van der Waals surface area contributed by atoms with Crippen molar-refractivity contribution in [2.45, 2.75) is 43.5 Å². The van der Waals surface area contributed by atoms with Gasteiger partial charge in [0.2, 0.25) is 10.0 Å². The lowest BCUT2D eigenvalue weighted by molar-refractivity contribution is 0.238. The zero-order valence-corrected chi connectivity index (χ0v) is 13.0. The molecule has 0 heterocycles. The van der Waals surface area contributed by atoms with Crippen molar-refractivity contribution < 1.29 is 17.2 Å². The Morgan fingerprint density at radius 1 is 1.24 bits per heavy atom. The van der Waals surface area contributed by atoms with Crippen LogP contribution in [0.1, 0.15) is 32.6 Å². The molecule has 0 aromatic heterocycles. The third-order valence-electron chi connectivity index (χ3n) is 4.08. The average molecular weight is 318 g/mol. The maximum absolute atomic E-state index is 13.9. The maximum atomic E-state index is 13.9. The molecule has 1 aliphatic carbocycles. The van der Waals surface area contributed by atoms with Crippen LogP contribution in [0.15, 0.2) is 17.0 Å². The summed E-state index contributed by atoms with van der Waals surface area (Å²) >= 11 is 0. The highest BCUT2D eigenvalue weighted by Crippen LogP contribution is 2.31. The van der Waals surface area contributed by atoms with Crippen LogP contribution in [0.2, 0.25) is 0 Å².